The van der Waals surface area contributed by atoms with Crippen molar-refractivity contribution in [2.24, 2.45) is 7.05 Å². The Bertz CT molecular complexity index is 772. The molecule has 2 heterocycles. The van der Waals surface area contributed by atoms with Gasteiger partial charge in [-0.1, -0.05) is 0 Å². The lowest BCUT2D eigenvalue weighted by molar-refractivity contribution is 0.243. The van der Waals surface area contributed by atoms with E-state index in [0.717, 1.165) is 25.1 Å². The van der Waals surface area contributed by atoms with E-state index in [9.17, 15) is 4.39 Å². The number of aromatic nitrogens is 2. The molecular formula is C18H21FN4. The molecule has 1 aliphatic heterocycles. The fraction of sp³-hybridized carbons (Fsp3) is 0.444. The summed E-state index contributed by atoms with van der Waals surface area (Å²) in [6.45, 7) is 5.59. The van der Waals surface area contributed by atoms with Gasteiger partial charge in [-0.2, -0.15) is 10.4 Å². The third kappa shape index (κ3) is 2.87. The van der Waals surface area contributed by atoms with Crippen LogP contribution >= 0.6 is 0 Å². The zero-order chi connectivity index (χ0) is 16.6. The third-order valence-electron chi connectivity index (χ3n) is 4.81. The van der Waals surface area contributed by atoms with E-state index in [2.05, 4.69) is 23.0 Å². The van der Waals surface area contributed by atoms with Crippen LogP contribution in [0.3, 0.4) is 0 Å². The van der Waals surface area contributed by atoms with Gasteiger partial charge in [-0.05, 0) is 51.4 Å². The van der Waals surface area contributed by atoms with E-state index in [1.165, 1.54) is 23.4 Å². The zero-order valence-electron chi connectivity index (χ0n) is 13.8. The third-order valence-corrected chi connectivity index (χ3v) is 4.81. The van der Waals surface area contributed by atoms with Crippen LogP contribution in [0.15, 0.2) is 18.2 Å². The molecule has 0 radical (unpaired) electrons. The van der Waals surface area contributed by atoms with Gasteiger partial charge < -0.3 is 0 Å². The standard InChI is InChI=1S/C18H21FN4/c1-12-18(13(2)22(3)21-12)17-5-4-8-23(17)11-15-9-14(10-20)6-7-16(15)19/h6-7,9,17H,4-5,8,11H2,1-3H3. The number of hydrogen-bond donors (Lipinski definition) is 0. The van der Waals surface area contributed by atoms with Crippen LogP contribution in [0.1, 0.15) is 47.0 Å². The summed E-state index contributed by atoms with van der Waals surface area (Å²) in [6, 6.07) is 6.93. The molecule has 5 heteroatoms. The molecule has 0 amide bonds. The summed E-state index contributed by atoms with van der Waals surface area (Å²) in [5.41, 5.74) is 4.58. The first-order chi connectivity index (χ1) is 11.0. The van der Waals surface area contributed by atoms with Crippen molar-refractivity contribution in [1.82, 2.24) is 14.7 Å². The molecule has 0 spiro atoms. The number of hydrogen-bond acceptors (Lipinski definition) is 3. The quantitative estimate of drug-likeness (QED) is 0.872. The van der Waals surface area contributed by atoms with Crippen molar-refractivity contribution in [1.29, 1.82) is 5.26 Å². The Labute approximate surface area is 136 Å². The molecule has 0 bridgehead atoms. The average molecular weight is 312 g/mol. The van der Waals surface area contributed by atoms with Crippen molar-refractivity contribution in [3.05, 3.63) is 52.1 Å². The summed E-state index contributed by atoms with van der Waals surface area (Å²) in [7, 11) is 1.96. The lowest BCUT2D eigenvalue weighted by Gasteiger charge is -2.25. The highest BCUT2D eigenvalue weighted by atomic mass is 19.1. The van der Waals surface area contributed by atoms with Gasteiger partial charge in [0.2, 0.25) is 0 Å². The van der Waals surface area contributed by atoms with Gasteiger partial charge in [0.25, 0.3) is 0 Å². The van der Waals surface area contributed by atoms with Gasteiger partial charge in [-0.25, -0.2) is 4.39 Å². The topological polar surface area (TPSA) is 44.9 Å². The number of halogens is 1. The van der Waals surface area contributed by atoms with Gasteiger partial charge in [0.05, 0.1) is 17.3 Å². The van der Waals surface area contributed by atoms with Gasteiger partial charge in [-0.3, -0.25) is 9.58 Å². The maximum atomic E-state index is 14.1. The van der Waals surface area contributed by atoms with Crippen LogP contribution in [0.4, 0.5) is 4.39 Å². The highest BCUT2D eigenvalue weighted by molar-refractivity contribution is 5.34. The van der Waals surface area contributed by atoms with Crippen LogP contribution in [-0.2, 0) is 13.6 Å². The van der Waals surface area contributed by atoms with E-state index < -0.39 is 0 Å². The van der Waals surface area contributed by atoms with Crippen molar-refractivity contribution >= 4 is 0 Å². The second kappa shape index (κ2) is 6.13. The summed E-state index contributed by atoms with van der Waals surface area (Å²) < 4.78 is 16.0. The Balaban J connectivity index is 1.90. The van der Waals surface area contributed by atoms with Gasteiger partial charge >= 0.3 is 0 Å². The lowest BCUT2D eigenvalue weighted by Crippen LogP contribution is -2.24. The molecule has 0 saturated carbocycles. The molecule has 0 aliphatic carbocycles. The molecule has 1 unspecified atom stereocenters. The predicted molar refractivity (Wildman–Crippen MR) is 86.2 cm³/mol. The van der Waals surface area contributed by atoms with Gasteiger partial charge in [0.15, 0.2) is 0 Å². The highest BCUT2D eigenvalue weighted by Gasteiger charge is 2.30. The summed E-state index contributed by atoms with van der Waals surface area (Å²) in [6.07, 6.45) is 2.16. The molecule has 1 aromatic heterocycles. The van der Waals surface area contributed by atoms with E-state index in [1.54, 1.807) is 6.07 Å². The Kier molecular flexibility index (Phi) is 4.18. The SMILES string of the molecule is Cc1nn(C)c(C)c1C1CCCN1Cc1cc(C#N)ccc1F. The van der Waals surface area contributed by atoms with Crippen molar-refractivity contribution in [2.45, 2.75) is 39.3 Å². The molecular weight excluding hydrogens is 291 g/mol. The Morgan fingerprint density at radius 1 is 1.39 bits per heavy atom. The van der Waals surface area contributed by atoms with E-state index in [0.29, 0.717) is 17.7 Å². The van der Waals surface area contributed by atoms with E-state index in [-0.39, 0.29) is 11.9 Å². The molecule has 0 N–H and O–H groups in total. The molecule has 2 aromatic rings. The number of nitrogens with zero attached hydrogens (tertiary/aromatic N) is 4. The van der Waals surface area contributed by atoms with Crippen LogP contribution < -0.4 is 0 Å². The fourth-order valence-corrected chi connectivity index (χ4v) is 3.60. The van der Waals surface area contributed by atoms with Crippen molar-refractivity contribution < 1.29 is 4.39 Å². The van der Waals surface area contributed by atoms with E-state index in [1.807, 2.05) is 18.7 Å². The minimum Gasteiger partial charge on any atom is -0.292 e. The summed E-state index contributed by atoms with van der Waals surface area (Å²) in [5, 5.41) is 13.5. The number of benzene rings is 1. The Morgan fingerprint density at radius 3 is 2.83 bits per heavy atom. The molecule has 1 fully saturated rings. The van der Waals surface area contributed by atoms with Gasteiger partial charge in [-0.15, -0.1) is 0 Å². The van der Waals surface area contributed by atoms with Crippen molar-refractivity contribution in [3.8, 4) is 6.07 Å². The van der Waals surface area contributed by atoms with E-state index >= 15 is 0 Å². The second-order valence-electron chi connectivity index (χ2n) is 6.25. The Morgan fingerprint density at radius 2 is 2.17 bits per heavy atom. The molecule has 120 valence electrons. The highest BCUT2D eigenvalue weighted by Crippen LogP contribution is 2.36. The Hall–Kier alpha value is -2.19. The second-order valence-corrected chi connectivity index (χ2v) is 6.25. The number of nitriles is 1. The molecule has 23 heavy (non-hydrogen) atoms. The maximum absolute atomic E-state index is 14.1. The van der Waals surface area contributed by atoms with Gasteiger partial charge in [0.1, 0.15) is 5.82 Å². The molecule has 1 aliphatic rings. The number of aryl methyl sites for hydroxylation is 2. The summed E-state index contributed by atoms with van der Waals surface area (Å²) in [5.74, 6) is -0.241. The van der Waals surface area contributed by atoms with Crippen molar-refractivity contribution in [3.63, 3.8) is 0 Å². The van der Waals surface area contributed by atoms with Crippen molar-refractivity contribution in [2.75, 3.05) is 6.54 Å². The minimum atomic E-state index is -0.241. The number of rotatable bonds is 3. The van der Waals surface area contributed by atoms with Crippen LogP contribution in [0, 0.1) is 31.0 Å². The van der Waals surface area contributed by atoms with E-state index in [4.69, 9.17) is 5.26 Å². The van der Waals surface area contributed by atoms with Crippen LogP contribution in [0.2, 0.25) is 0 Å². The summed E-state index contributed by atoms with van der Waals surface area (Å²) in [4.78, 5) is 2.30. The molecule has 4 nitrogen and oxygen atoms in total. The molecule has 3 rings (SSSR count). The molecule has 1 saturated heterocycles. The summed E-state index contributed by atoms with van der Waals surface area (Å²) >= 11 is 0. The largest absolute Gasteiger partial charge is 0.292 e. The zero-order valence-corrected chi connectivity index (χ0v) is 13.8. The molecule has 1 atom stereocenters. The molecule has 1 aromatic carbocycles. The first-order valence-electron chi connectivity index (χ1n) is 7.94. The fourth-order valence-electron chi connectivity index (χ4n) is 3.60. The predicted octanol–water partition coefficient (Wildman–Crippen LogP) is 3.38. The first-order valence-corrected chi connectivity index (χ1v) is 7.94. The average Bonchev–Trinajstić information content (AvgIpc) is 3.06. The minimum absolute atomic E-state index is 0.241. The van der Waals surface area contributed by atoms with Crippen LogP contribution in [0.25, 0.3) is 0 Å². The smallest absolute Gasteiger partial charge is 0.127 e. The monoisotopic (exact) mass is 312 g/mol. The maximum Gasteiger partial charge on any atom is 0.127 e. The normalized spacial score (nSPS) is 18.3. The first kappa shape index (κ1) is 15.7. The lowest BCUT2D eigenvalue weighted by atomic mass is 10.0. The van der Waals surface area contributed by atoms with Gasteiger partial charge in [0, 0.05) is 36.5 Å². The number of likely N-dealkylation sites (tertiary alicyclic amines) is 1. The van der Waals surface area contributed by atoms with Crippen LogP contribution in [-0.4, -0.2) is 21.2 Å². The van der Waals surface area contributed by atoms with Crippen LogP contribution in [0.5, 0.6) is 0 Å².